The van der Waals surface area contributed by atoms with E-state index in [9.17, 15) is 19.5 Å². The molecule has 2 aromatic rings. The molecule has 14 heteroatoms. The third kappa shape index (κ3) is 6.45. The third-order valence-electron chi connectivity index (χ3n) is 6.99. The summed E-state index contributed by atoms with van der Waals surface area (Å²) in [7, 11) is 1.44. The maximum atomic E-state index is 12.7. The molecule has 0 bridgehead atoms. The number of rotatable bonds is 9. The van der Waals surface area contributed by atoms with Crippen molar-refractivity contribution in [1.29, 1.82) is 0 Å². The number of carbonyl (C=O) groups is 2. The Balaban J connectivity index is 1.72. The van der Waals surface area contributed by atoms with E-state index in [1.807, 2.05) is 0 Å². The van der Waals surface area contributed by atoms with E-state index < -0.39 is 65.4 Å². The zero-order valence-corrected chi connectivity index (χ0v) is 23.7. The molecule has 2 amide bonds. The number of terminal acetylenes is 1. The Labute approximate surface area is 241 Å². The van der Waals surface area contributed by atoms with Gasteiger partial charge in [0.1, 0.15) is 29.8 Å². The second-order valence-electron chi connectivity index (χ2n) is 10.3. The summed E-state index contributed by atoms with van der Waals surface area (Å²) in [5.41, 5.74) is 4.77. The highest BCUT2D eigenvalue weighted by molar-refractivity contribution is 6.01. The normalized spacial score (nSPS) is 25.4. The molecule has 0 aliphatic carbocycles. The fourth-order valence-corrected chi connectivity index (χ4v) is 5.05. The van der Waals surface area contributed by atoms with Crippen LogP contribution >= 0.6 is 0 Å². The molecule has 228 valence electrons. The van der Waals surface area contributed by atoms with Gasteiger partial charge in [0.05, 0.1) is 11.0 Å². The van der Waals surface area contributed by atoms with Crippen molar-refractivity contribution >= 4 is 23.0 Å². The van der Waals surface area contributed by atoms with Crippen molar-refractivity contribution in [2.75, 3.05) is 20.3 Å². The highest BCUT2D eigenvalue weighted by Gasteiger charge is 2.55. The average Bonchev–Trinajstić information content (AvgIpc) is 2.93. The van der Waals surface area contributed by atoms with Gasteiger partial charge >= 0.3 is 11.7 Å². The van der Waals surface area contributed by atoms with Gasteiger partial charge in [-0.25, -0.2) is 9.59 Å². The Kier molecular flexibility index (Phi) is 9.60. The predicted molar refractivity (Wildman–Crippen MR) is 144 cm³/mol. The Morgan fingerprint density at radius 2 is 2.02 bits per heavy atom. The summed E-state index contributed by atoms with van der Waals surface area (Å²) >= 11 is 0. The van der Waals surface area contributed by atoms with Crippen LogP contribution < -0.4 is 21.6 Å². The van der Waals surface area contributed by atoms with Crippen LogP contribution in [0.15, 0.2) is 21.3 Å². The lowest BCUT2D eigenvalue weighted by Crippen LogP contribution is -2.66. The summed E-state index contributed by atoms with van der Waals surface area (Å²) in [4.78, 5) is 41.6. The monoisotopic (exact) mass is 590 g/mol. The highest BCUT2D eigenvalue weighted by atomic mass is 16.8. The Bertz CT molecular complexity index is 1410. The third-order valence-corrected chi connectivity index (χ3v) is 6.99. The van der Waals surface area contributed by atoms with E-state index in [1.54, 1.807) is 20.8 Å². The number of hydroxylamine groups is 1. The SMILES string of the molecule is C#CCONC(=O)O[C@H]1[C@@H](OC2CCCCO2)[C@H](Oc2ccc3c(O)c(C(N)=O)c(=O)oc3c2C)OC(C)(C)[C@@H]1OC. The van der Waals surface area contributed by atoms with Crippen molar-refractivity contribution in [2.45, 2.75) is 76.5 Å². The maximum absolute atomic E-state index is 12.7. The summed E-state index contributed by atoms with van der Waals surface area (Å²) in [5.74, 6) is 0.677. The van der Waals surface area contributed by atoms with Crippen LogP contribution in [0.4, 0.5) is 4.79 Å². The highest BCUT2D eigenvalue weighted by Crippen LogP contribution is 2.39. The quantitative estimate of drug-likeness (QED) is 0.167. The number of fused-ring (bicyclic) bond motifs is 1. The number of aryl methyl sites for hydroxylation is 1. The lowest BCUT2D eigenvalue weighted by molar-refractivity contribution is -0.338. The molecular weight excluding hydrogens is 556 g/mol. The summed E-state index contributed by atoms with van der Waals surface area (Å²) in [6.07, 6.45) is 1.66. The van der Waals surface area contributed by atoms with Gasteiger partial charge < -0.3 is 43.7 Å². The minimum atomic E-state index is -1.21. The second kappa shape index (κ2) is 13.0. The van der Waals surface area contributed by atoms with E-state index >= 15 is 0 Å². The summed E-state index contributed by atoms with van der Waals surface area (Å²) in [6, 6.07) is 2.89. The van der Waals surface area contributed by atoms with Crippen LogP contribution in [0.5, 0.6) is 11.5 Å². The standard InChI is InChI=1S/C28H34N2O12/c1-6-12-37-30-27(34)41-21-22(39-17-9-7-8-13-36-17)26(42-28(3,4)23(21)35-5)38-16-11-10-15-19(31)18(24(29)32)25(33)40-20(15)14(16)2/h1,10-11,17,21-23,26,31H,7-9,12-13H2,2-5H3,(H2,29,32)(H,30,34)/t17?,21-,22+,23+,26+/m0/s1. The van der Waals surface area contributed by atoms with Crippen molar-refractivity contribution in [3.8, 4) is 23.8 Å². The van der Waals surface area contributed by atoms with Crippen molar-refractivity contribution in [3.63, 3.8) is 0 Å². The number of methoxy groups -OCH3 is 1. The number of hydrogen-bond acceptors (Lipinski definition) is 12. The summed E-state index contributed by atoms with van der Waals surface area (Å²) in [6.45, 7) is 5.33. The largest absolute Gasteiger partial charge is 0.506 e. The first-order valence-corrected chi connectivity index (χ1v) is 13.2. The molecule has 14 nitrogen and oxygen atoms in total. The Morgan fingerprint density at radius 1 is 1.26 bits per heavy atom. The summed E-state index contributed by atoms with van der Waals surface area (Å²) in [5, 5.41) is 10.6. The van der Waals surface area contributed by atoms with E-state index in [-0.39, 0.29) is 23.3 Å². The lowest BCUT2D eigenvalue weighted by Gasteiger charge is -2.49. The van der Waals surface area contributed by atoms with E-state index in [0.717, 1.165) is 12.8 Å². The number of nitrogens with one attached hydrogen (secondary N) is 1. The van der Waals surface area contributed by atoms with Crippen LogP contribution in [0.2, 0.25) is 0 Å². The van der Waals surface area contributed by atoms with Crippen molar-refractivity contribution in [3.05, 3.63) is 33.7 Å². The number of aromatic hydroxyl groups is 1. The fourth-order valence-electron chi connectivity index (χ4n) is 5.05. The molecule has 4 rings (SSSR count). The predicted octanol–water partition coefficient (Wildman–Crippen LogP) is 2.01. The van der Waals surface area contributed by atoms with Gasteiger partial charge in [-0.3, -0.25) is 9.63 Å². The first-order chi connectivity index (χ1) is 20.0. The van der Waals surface area contributed by atoms with Gasteiger partial charge in [-0.1, -0.05) is 5.92 Å². The van der Waals surface area contributed by atoms with E-state index in [1.165, 1.54) is 19.2 Å². The number of primary amides is 1. The molecule has 1 unspecified atom stereocenters. The second-order valence-corrected chi connectivity index (χ2v) is 10.3. The van der Waals surface area contributed by atoms with Crippen LogP contribution in [0.25, 0.3) is 11.0 Å². The number of benzene rings is 1. The molecule has 1 aromatic heterocycles. The molecular formula is C28H34N2O12. The van der Waals surface area contributed by atoms with Gasteiger partial charge in [0.25, 0.3) is 5.91 Å². The average molecular weight is 591 g/mol. The van der Waals surface area contributed by atoms with Gasteiger partial charge in [0, 0.05) is 19.3 Å². The van der Waals surface area contributed by atoms with Crippen LogP contribution in [-0.2, 0) is 28.5 Å². The van der Waals surface area contributed by atoms with Crippen molar-refractivity contribution in [1.82, 2.24) is 5.48 Å². The number of amides is 2. The van der Waals surface area contributed by atoms with E-state index in [0.29, 0.717) is 18.6 Å². The van der Waals surface area contributed by atoms with Gasteiger partial charge in [-0.05, 0) is 52.2 Å². The molecule has 0 saturated carbocycles. The molecule has 42 heavy (non-hydrogen) atoms. The van der Waals surface area contributed by atoms with E-state index in [2.05, 4.69) is 11.4 Å². The number of hydrogen-bond donors (Lipinski definition) is 3. The minimum absolute atomic E-state index is 0.0317. The Hall–Kier alpha value is -3.87. The van der Waals surface area contributed by atoms with Crippen LogP contribution in [0.3, 0.4) is 0 Å². The van der Waals surface area contributed by atoms with Gasteiger partial charge in [0.2, 0.25) is 6.29 Å². The zero-order chi connectivity index (χ0) is 30.6. The van der Waals surface area contributed by atoms with Gasteiger partial charge in [0.15, 0.2) is 24.1 Å². The first kappa shape index (κ1) is 31.1. The van der Waals surface area contributed by atoms with Gasteiger partial charge in [-0.15, -0.1) is 6.42 Å². The molecule has 2 fully saturated rings. The molecule has 2 aliphatic rings. The number of ether oxygens (including phenoxy) is 6. The molecule has 2 aliphatic heterocycles. The Morgan fingerprint density at radius 3 is 2.67 bits per heavy atom. The lowest BCUT2D eigenvalue weighted by atomic mass is 9.89. The molecule has 0 spiro atoms. The zero-order valence-electron chi connectivity index (χ0n) is 23.7. The minimum Gasteiger partial charge on any atom is -0.506 e. The van der Waals surface area contributed by atoms with Crippen molar-refractivity contribution < 1.29 is 52.4 Å². The molecule has 5 atom stereocenters. The van der Waals surface area contributed by atoms with Crippen molar-refractivity contribution in [2.24, 2.45) is 5.73 Å². The molecule has 3 heterocycles. The van der Waals surface area contributed by atoms with E-state index in [4.69, 9.17) is 49.8 Å². The number of nitrogens with two attached hydrogens (primary N) is 1. The van der Waals surface area contributed by atoms with Crippen LogP contribution in [0.1, 0.15) is 49.0 Å². The fraction of sp³-hybridized carbons (Fsp3) is 0.536. The molecule has 1 aromatic carbocycles. The molecule has 4 N–H and O–H groups in total. The molecule has 0 radical (unpaired) electrons. The smallest absolute Gasteiger partial charge is 0.431 e. The van der Waals surface area contributed by atoms with Crippen LogP contribution in [0, 0.1) is 19.3 Å². The maximum Gasteiger partial charge on any atom is 0.431 e. The van der Waals surface area contributed by atoms with Crippen LogP contribution in [-0.4, -0.2) is 73.9 Å². The van der Waals surface area contributed by atoms with Gasteiger partial charge in [-0.2, -0.15) is 5.48 Å². The molecule has 2 saturated heterocycles. The number of carbonyl (C=O) groups excluding carboxylic acids is 2. The summed E-state index contributed by atoms with van der Waals surface area (Å²) < 4.78 is 41.4. The first-order valence-electron chi connectivity index (χ1n) is 13.2. The topological polar surface area (TPSA) is 187 Å².